The molecule has 0 aliphatic carbocycles. The Balaban J connectivity index is 1.78. The topological polar surface area (TPSA) is 46.5 Å². The van der Waals surface area contributed by atoms with E-state index in [4.69, 9.17) is 9.84 Å². The van der Waals surface area contributed by atoms with Crippen LogP contribution in [0.3, 0.4) is 0 Å². The fourth-order valence-electron chi connectivity index (χ4n) is 2.93. The van der Waals surface area contributed by atoms with Gasteiger partial charge in [0.25, 0.3) is 0 Å². The van der Waals surface area contributed by atoms with Crippen molar-refractivity contribution in [2.45, 2.75) is 11.8 Å². The first-order valence-corrected chi connectivity index (χ1v) is 10.9. The second-order valence-corrected chi connectivity index (χ2v) is 8.33. The van der Waals surface area contributed by atoms with Crippen molar-refractivity contribution in [3.63, 3.8) is 0 Å². The van der Waals surface area contributed by atoms with Crippen molar-refractivity contribution in [2.75, 3.05) is 12.4 Å². The number of halogens is 1. The maximum atomic E-state index is 10.7. The molecule has 1 N–H and O–H groups in total. The Bertz CT molecular complexity index is 1020. The summed E-state index contributed by atoms with van der Waals surface area (Å²) in [6.07, 6.45) is 2.26. The molecule has 0 heterocycles. The van der Waals surface area contributed by atoms with E-state index in [1.54, 1.807) is 17.8 Å². The fourth-order valence-corrected chi connectivity index (χ4v) is 4.38. The molecule has 0 amide bonds. The van der Waals surface area contributed by atoms with Gasteiger partial charge < -0.3 is 9.84 Å². The number of hydrogen-bond acceptors (Lipinski definition) is 3. The summed E-state index contributed by atoms with van der Waals surface area (Å²) < 4.78 is 6.00. The van der Waals surface area contributed by atoms with Crippen LogP contribution in [0.4, 0.5) is 0 Å². The Morgan fingerprint density at radius 2 is 1.79 bits per heavy atom. The SMILES string of the molecule is Cc1ccccc1/C(=C\CSc1ccc(OCC(=O)O)c(Br)c1)c1ccccc1. The van der Waals surface area contributed by atoms with Crippen LogP contribution in [0.25, 0.3) is 5.57 Å². The zero-order valence-corrected chi connectivity index (χ0v) is 18.4. The molecule has 3 nitrogen and oxygen atoms in total. The lowest BCUT2D eigenvalue weighted by molar-refractivity contribution is -0.139. The number of thioether (sulfide) groups is 1. The van der Waals surface area contributed by atoms with Gasteiger partial charge in [-0.25, -0.2) is 4.79 Å². The zero-order chi connectivity index (χ0) is 20.6. The van der Waals surface area contributed by atoms with Gasteiger partial charge in [0.05, 0.1) is 4.47 Å². The Kier molecular flexibility index (Phi) is 7.55. The molecular formula is C24H21BrO3S. The van der Waals surface area contributed by atoms with E-state index in [1.807, 2.05) is 18.2 Å². The lowest BCUT2D eigenvalue weighted by atomic mass is 9.94. The van der Waals surface area contributed by atoms with Crippen LogP contribution in [0.15, 0.2) is 88.2 Å². The van der Waals surface area contributed by atoms with Crippen LogP contribution in [0, 0.1) is 6.92 Å². The lowest BCUT2D eigenvalue weighted by Crippen LogP contribution is -2.09. The molecule has 3 rings (SSSR count). The minimum Gasteiger partial charge on any atom is -0.481 e. The minimum absolute atomic E-state index is 0.356. The first kappa shape index (κ1) is 21.2. The van der Waals surface area contributed by atoms with Crippen LogP contribution in [0.2, 0.25) is 0 Å². The highest BCUT2D eigenvalue weighted by Crippen LogP contribution is 2.32. The fraction of sp³-hybridized carbons (Fsp3) is 0.125. The summed E-state index contributed by atoms with van der Waals surface area (Å²) in [5.41, 5.74) is 4.89. The smallest absolute Gasteiger partial charge is 0.341 e. The number of carbonyl (C=O) groups is 1. The third-order valence-electron chi connectivity index (χ3n) is 4.31. The van der Waals surface area contributed by atoms with Gasteiger partial charge in [0.2, 0.25) is 0 Å². The van der Waals surface area contributed by atoms with E-state index in [1.165, 1.54) is 22.3 Å². The molecule has 3 aromatic rings. The average molecular weight is 469 g/mol. The quantitative estimate of drug-likeness (QED) is 0.386. The van der Waals surface area contributed by atoms with Crippen LogP contribution in [-0.2, 0) is 4.79 Å². The van der Waals surface area contributed by atoms with Crippen LogP contribution in [-0.4, -0.2) is 23.4 Å². The van der Waals surface area contributed by atoms with Crippen molar-refractivity contribution >= 4 is 39.2 Å². The van der Waals surface area contributed by atoms with Crippen molar-refractivity contribution in [3.8, 4) is 5.75 Å². The third-order valence-corrected chi connectivity index (χ3v) is 5.85. The number of aliphatic carboxylic acids is 1. The van der Waals surface area contributed by atoms with Crippen molar-refractivity contribution in [1.82, 2.24) is 0 Å². The normalized spacial score (nSPS) is 11.3. The Labute approximate surface area is 183 Å². The summed E-state index contributed by atoms with van der Waals surface area (Å²) in [7, 11) is 0. The molecule has 0 radical (unpaired) electrons. The predicted molar refractivity (Wildman–Crippen MR) is 123 cm³/mol. The molecule has 0 aliphatic heterocycles. The molecule has 0 bridgehead atoms. The Hall–Kier alpha value is -2.50. The second-order valence-electron chi connectivity index (χ2n) is 6.38. The molecular weight excluding hydrogens is 448 g/mol. The average Bonchev–Trinajstić information content (AvgIpc) is 2.72. The molecule has 3 aromatic carbocycles. The summed E-state index contributed by atoms with van der Waals surface area (Å²) in [5, 5.41) is 8.74. The highest BCUT2D eigenvalue weighted by atomic mass is 79.9. The van der Waals surface area contributed by atoms with Gasteiger partial charge in [-0.1, -0.05) is 60.7 Å². The Morgan fingerprint density at radius 3 is 2.48 bits per heavy atom. The first-order valence-electron chi connectivity index (χ1n) is 9.13. The molecule has 148 valence electrons. The van der Waals surface area contributed by atoms with Crippen molar-refractivity contribution in [2.24, 2.45) is 0 Å². The molecule has 5 heteroatoms. The van der Waals surface area contributed by atoms with Crippen molar-refractivity contribution in [3.05, 3.63) is 100 Å². The number of carboxylic acids is 1. The van der Waals surface area contributed by atoms with Crippen molar-refractivity contribution < 1.29 is 14.6 Å². The van der Waals surface area contributed by atoms with Gasteiger partial charge in [0.1, 0.15) is 5.75 Å². The third kappa shape index (κ3) is 5.99. The summed E-state index contributed by atoms with van der Waals surface area (Å²) in [4.78, 5) is 11.7. The van der Waals surface area contributed by atoms with E-state index in [0.717, 1.165) is 15.1 Å². The van der Waals surface area contributed by atoms with Gasteiger partial charge in [-0.2, -0.15) is 0 Å². The van der Waals surface area contributed by atoms with E-state index in [2.05, 4.69) is 77.5 Å². The van der Waals surface area contributed by atoms with Crippen LogP contribution in [0.1, 0.15) is 16.7 Å². The molecule has 0 spiro atoms. The van der Waals surface area contributed by atoms with Gasteiger partial charge in [-0.05, 0) is 63.3 Å². The summed E-state index contributed by atoms with van der Waals surface area (Å²) in [5.74, 6) is 0.336. The van der Waals surface area contributed by atoms with E-state index in [9.17, 15) is 4.79 Å². The first-order chi connectivity index (χ1) is 14.0. The highest BCUT2D eigenvalue weighted by molar-refractivity contribution is 9.10. The molecule has 0 atom stereocenters. The summed E-state index contributed by atoms with van der Waals surface area (Å²) >= 11 is 5.17. The second kappa shape index (κ2) is 10.3. The molecule has 0 aliphatic rings. The monoisotopic (exact) mass is 468 g/mol. The van der Waals surface area contributed by atoms with Crippen LogP contribution in [0.5, 0.6) is 5.75 Å². The minimum atomic E-state index is -0.995. The number of benzene rings is 3. The zero-order valence-electron chi connectivity index (χ0n) is 16.0. The van der Waals surface area contributed by atoms with E-state index in [0.29, 0.717) is 5.75 Å². The number of aryl methyl sites for hydroxylation is 1. The Morgan fingerprint density at radius 1 is 1.07 bits per heavy atom. The van der Waals surface area contributed by atoms with E-state index >= 15 is 0 Å². The molecule has 0 fully saturated rings. The van der Waals surface area contributed by atoms with Gasteiger partial charge >= 0.3 is 5.97 Å². The van der Waals surface area contributed by atoms with Gasteiger partial charge in [-0.3, -0.25) is 0 Å². The standard InChI is InChI=1S/C24H21BrO3S/c1-17-7-5-6-10-20(17)21(18-8-3-2-4-9-18)13-14-29-19-11-12-23(22(25)15-19)28-16-24(26)27/h2-13,15H,14,16H2,1H3,(H,26,27)/b21-13-. The maximum absolute atomic E-state index is 10.7. The number of hydrogen-bond donors (Lipinski definition) is 1. The van der Waals surface area contributed by atoms with E-state index < -0.39 is 5.97 Å². The molecule has 0 saturated heterocycles. The van der Waals surface area contributed by atoms with Gasteiger partial charge in [-0.15, -0.1) is 11.8 Å². The predicted octanol–water partition coefficient (Wildman–Crippen LogP) is 6.44. The van der Waals surface area contributed by atoms with E-state index in [-0.39, 0.29) is 6.61 Å². The molecule has 0 unspecified atom stereocenters. The lowest BCUT2D eigenvalue weighted by Gasteiger charge is -2.12. The van der Waals surface area contributed by atoms with Gasteiger partial charge in [0, 0.05) is 10.6 Å². The number of carboxylic acid groups (broad SMARTS) is 1. The van der Waals surface area contributed by atoms with Crippen LogP contribution < -0.4 is 4.74 Å². The number of rotatable bonds is 8. The summed E-state index contributed by atoms with van der Waals surface area (Å²) in [6.45, 7) is 1.77. The molecule has 29 heavy (non-hydrogen) atoms. The maximum Gasteiger partial charge on any atom is 0.341 e. The number of ether oxygens (including phenoxy) is 1. The molecule has 0 saturated carbocycles. The van der Waals surface area contributed by atoms with Crippen LogP contribution >= 0.6 is 27.7 Å². The van der Waals surface area contributed by atoms with Gasteiger partial charge in [0.15, 0.2) is 6.61 Å². The van der Waals surface area contributed by atoms with Crippen molar-refractivity contribution in [1.29, 1.82) is 0 Å². The summed E-state index contributed by atoms with van der Waals surface area (Å²) in [6, 6.07) is 24.5. The molecule has 0 aromatic heterocycles. The highest BCUT2D eigenvalue weighted by Gasteiger charge is 2.08. The largest absolute Gasteiger partial charge is 0.481 e.